The summed E-state index contributed by atoms with van der Waals surface area (Å²) in [6.45, 7) is 5.67. The van der Waals surface area contributed by atoms with Crippen LogP contribution in [0.1, 0.15) is 20.8 Å². The summed E-state index contributed by atoms with van der Waals surface area (Å²) in [4.78, 5) is 11.2. The van der Waals surface area contributed by atoms with Crippen molar-refractivity contribution in [3.63, 3.8) is 0 Å². The Labute approximate surface area is 113 Å². The Morgan fingerprint density at radius 1 is 1.58 bits per heavy atom. The van der Waals surface area contributed by atoms with E-state index in [0.717, 1.165) is 4.31 Å². The van der Waals surface area contributed by atoms with E-state index in [1.807, 2.05) is 4.72 Å². The smallest absolute Gasteiger partial charge is 0.421 e. The molecule has 3 N–H and O–H groups in total. The van der Waals surface area contributed by atoms with Crippen molar-refractivity contribution in [2.75, 3.05) is 26.2 Å². The first-order chi connectivity index (χ1) is 8.70. The third kappa shape index (κ3) is 4.60. The van der Waals surface area contributed by atoms with Crippen LogP contribution in [0.5, 0.6) is 0 Å². The number of amides is 1. The van der Waals surface area contributed by atoms with Crippen LogP contribution in [-0.4, -0.2) is 56.8 Å². The van der Waals surface area contributed by atoms with Crippen molar-refractivity contribution >= 4 is 16.3 Å². The van der Waals surface area contributed by atoms with Crippen molar-refractivity contribution < 1.29 is 22.7 Å². The van der Waals surface area contributed by atoms with Crippen LogP contribution in [0.15, 0.2) is 0 Å². The van der Waals surface area contributed by atoms with Gasteiger partial charge in [0.1, 0.15) is 0 Å². The molecule has 112 valence electrons. The summed E-state index contributed by atoms with van der Waals surface area (Å²) in [6.07, 6.45) is -1.39. The standard InChI is InChI=1S/C10H21N3O5S/c1-4-17-9(14)12-19(15,16)13-6-8(5-11)18-10(2,3)7-13/h8H,4-7,11H2,1-3H3,(H,12,14). The van der Waals surface area contributed by atoms with Crippen LogP contribution < -0.4 is 10.5 Å². The Morgan fingerprint density at radius 2 is 2.21 bits per heavy atom. The SMILES string of the molecule is CCOC(=O)NS(=O)(=O)N1CC(CN)OC(C)(C)C1. The molecule has 1 fully saturated rings. The van der Waals surface area contributed by atoms with E-state index in [1.54, 1.807) is 20.8 Å². The first-order valence-corrected chi connectivity index (χ1v) is 7.46. The maximum Gasteiger partial charge on any atom is 0.421 e. The number of rotatable bonds is 4. The van der Waals surface area contributed by atoms with E-state index in [9.17, 15) is 13.2 Å². The fourth-order valence-corrected chi connectivity index (χ4v) is 3.12. The number of nitrogens with two attached hydrogens (primary N) is 1. The maximum atomic E-state index is 12.0. The summed E-state index contributed by atoms with van der Waals surface area (Å²) in [5.41, 5.74) is 4.86. The molecule has 1 atom stereocenters. The molecule has 1 aliphatic rings. The molecule has 8 nitrogen and oxygen atoms in total. The van der Waals surface area contributed by atoms with Gasteiger partial charge in [-0.05, 0) is 20.8 Å². The Morgan fingerprint density at radius 3 is 2.74 bits per heavy atom. The second-order valence-electron chi connectivity index (χ2n) is 4.86. The molecule has 1 heterocycles. The van der Waals surface area contributed by atoms with Gasteiger partial charge >= 0.3 is 16.3 Å². The van der Waals surface area contributed by atoms with Crippen molar-refractivity contribution in [3.05, 3.63) is 0 Å². The van der Waals surface area contributed by atoms with E-state index in [2.05, 4.69) is 4.74 Å². The van der Waals surface area contributed by atoms with E-state index >= 15 is 0 Å². The van der Waals surface area contributed by atoms with Gasteiger partial charge in [0, 0.05) is 19.6 Å². The predicted octanol–water partition coefficient (Wildman–Crippen LogP) is -0.585. The van der Waals surface area contributed by atoms with Crippen molar-refractivity contribution in [1.29, 1.82) is 0 Å². The summed E-state index contributed by atoms with van der Waals surface area (Å²) in [5, 5.41) is 0. The van der Waals surface area contributed by atoms with E-state index in [-0.39, 0.29) is 26.2 Å². The molecule has 9 heteroatoms. The summed E-state index contributed by atoms with van der Waals surface area (Å²) >= 11 is 0. The number of carbonyl (C=O) groups is 1. The molecule has 0 radical (unpaired) electrons. The van der Waals surface area contributed by atoms with Gasteiger partial charge in [-0.25, -0.2) is 9.52 Å². The first-order valence-electron chi connectivity index (χ1n) is 6.02. The van der Waals surface area contributed by atoms with E-state index < -0.39 is 28.0 Å². The molecule has 1 amide bonds. The molecular formula is C10H21N3O5S. The molecular weight excluding hydrogens is 274 g/mol. The highest BCUT2D eigenvalue weighted by Crippen LogP contribution is 2.22. The average Bonchev–Trinajstić information content (AvgIpc) is 2.26. The summed E-state index contributed by atoms with van der Waals surface area (Å²) in [6, 6.07) is 0. The van der Waals surface area contributed by atoms with Gasteiger partial charge in [0.2, 0.25) is 0 Å². The van der Waals surface area contributed by atoms with Gasteiger partial charge in [-0.1, -0.05) is 0 Å². The Hall–Kier alpha value is -0.900. The number of nitrogens with zero attached hydrogens (tertiary/aromatic N) is 1. The number of morpholine rings is 1. The van der Waals surface area contributed by atoms with E-state index in [0.29, 0.717) is 0 Å². The molecule has 0 aromatic carbocycles. The lowest BCUT2D eigenvalue weighted by molar-refractivity contribution is -0.113. The second-order valence-corrected chi connectivity index (χ2v) is 6.53. The predicted molar refractivity (Wildman–Crippen MR) is 68.7 cm³/mol. The van der Waals surface area contributed by atoms with Crippen LogP contribution >= 0.6 is 0 Å². The van der Waals surface area contributed by atoms with Gasteiger partial charge in [-0.3, -0.25) is 0 Å². The lowest BCUT2D eigenvalue weighted by Crippen LogP contribution is -2.59. The number of hydrogen-bond acceptors (Lipinski definition) is 6. The van der Waals surface area contributed by atoms with Crippen LogP contribution in [0.25, 0.3) is 0 Å². The molecule has 0 saturated carbocycles. The third-order valence-corrected chi connectivity index (χ3v) is 3.92. The highest BCUT2D eigenvalue weighted by Gasteiger charge is 2.39. The number of hydrogen-bond donors (Lipinski definition) is 2. The molecule has 0 aromatic heterocycles. The minimum atomic E-state index is -3.95. The summed E-state index contributed by atoms with van der Waals surface area (Å²) in [5.74, 6) is 0. The molecule has 0 spiro atoms. The minimum Gasteiger partial charge on any atom is -0.449 e. The van der Waals surface area contributed by atoms with Gasteiger partial charge in [0.15, 0.2) is 0 Å². The molecule has 19 heavy (non-hydrogen) atoms. The lowest BCUT2D eigenvalue weighted by Gasteiger charge is -2.41. The van der Waals surface area contributed by atoms with E-state index in [1.165, 1.54) is 0 Å². The van der Waals surface area contributed by atoms with Gasteiger partial charge in [0.25, 0.3) is 0 Å². The van der Waals surface area contributed by atoms with Gasteiger partial charge < -0.3 is 15.2 Å². The molecule has 1 rings (SSSR count). The average molecular weight is 295 g/mol. The lowest BCUT2D eigenvalue weighted by atomic mass is 10.1. The molecule has 0 aliphatic carbocycles. The molecule has 1 saturated heterocycles. The Bertz CT molecular complexity index is 423. The minimum absolute atomic E-state index is 0.0986. The monoisotopic (exact) mass is 295 g/mol. The van der Waals surface area contributed by atoms with Crippen molar-refractivity contribution in [2.24, 2.45) is 5.73 Å². The van der Waals surface area contributed by atoms with Crippen molar-refractivity contribution in [2.45, 2.75) is 32.5 Å². The maximum absolute atomic E-state index is 12.0. The number of nitrogens with one attached hydrogen (secondary N) is 1. The van der Waals surface area contributed by atoms with Crippen LogP contribution in [0.2, 0.25) is 0 Å². The second kappa shape index (κ2) is 6.04. The van der Waals surface area contributed by atoms with Crippen molar-refractivity contribution in [3.8, 4) is 0 Å². The fraction of sp³-hybridized carbons (Fsp3) is 0.900. The van der Waals surface area contributed by atoms with Crippen LogP contribution in [-0.2, 0) is 19.7 Å². The molecule has 0 aromatic rings. The molecule has 1 unspecified atom stereocenters. The third-order valence-electron chi connectivity index (χ3n) is 2.54. The molecule has 0 bridgehead atoms. The normalized spacial score (nSPS) is 23.9. The highest BCUT2D eigenvalue weighted by molar-refractivity contribution is 7.87. The van der Waals surface area contributed by atoms with E-state index in [4.69, 9.17) is 10.5 Å². The zero-order chi connectivity index (χ0) is 14.7. The van der Waals surface area contributed by atoms with Crippen LogP contribution in [0, 0.1) is 0 Å². The van der Waals surface area contributed by atoms with Crippen LogP contribution in [0.4, 0.5) is 4.79 Å². The van der Waals surface area contributed by atoms with Gasteiger partial charge in [0.05, 0.1) is 18.3 Å². The van der Waals surface area contributed by atoms with Gasteiger partial charge in [-0.15, -0.1) is 0 Å². The largest absolute Gasteiger partial charge is 0.449 e. The Balaban J connectivity index is 2.79. The quantitative estimate of drug-likeness (QED) is 0.717. The summed E-state index contributed by atoms with van der Waals surface area (Å²) in [7, 11) is -3.95. The fourth-order valence-electron chi connectivity index (χ4n) is 1.88. The zero-order valence-corrected chi connectivity index (χ0v) is 12.2. The van der Waals surface area contributed by atoms with Gasteiger partial charge in [-0.2, -0.15) is 12.7 Å². The van der Waals surface area contributed by atoms with Crippen molar-refractivity contribution in [1.82, 2.24) is 9.03 Å². The Kier molecular flexibility index (Phi) is 5.13. The topological polar surface area (TPSA) is 111 Å². The highest BCUT2D eigenvalue weighted by atomic mass is 32.2. The first kappa shape index (κ1) is 16.2. The molecule has 1 aliphatic heterocycles. The zero-order valence-electron chi connectivity index (χ0n) is 11.4. The summed E-state index contributed by atoms with van der Waals surface area (Å²) < 4.78 is 37.3. The van der Waals surface area contributed by atoms with Crippen LogP contribution in [0.3, 0.4) is 0 Å². The number of carbonyl (C=O) groups excluding carboxylic acids is 1. The number of ether oxygens (including phenoxy) is 2.